The number of allylic oxidation sites excluding steroid dienone is 1. The molecular weight excluding hydrogens is 194 g/mol. The second-order valence-electron chi connectivity index (χ2n) is 6.13. The Hall–Kier alpha value is -0.560. The quantitative estimate of drug-likeness (QED) is 0.669. The summed E-state index contributed by atoms with van der Waals surface area (Å²) in [4.78, 5) is 0. The minimum atomic E-state index is -0.104. The number of fused-ring (bicyclic) bond motifs is 1. The highest BCUT2D eigenvalue weighted by Gasteiger charge is 2.46. The molecule has 0 aliphatic heterocycles. The molecule has 0 aromatic carbocycles. The van der Waals surface area contributed by atoms with E-state index in [2.05, 4.69) is 33.4 Å². The Balaban J connectivity index is 2.36. The summed E-state index contributed by atoms with van der Waals surface area (Å²) in [7, 11) is 0. The third kappa shape index (κ3) is 1.75. The fourth-order valence-electron chi connectivity index (χ4n) is 3.53. The largest absolute Gasteiger partial charge is 0.321 e. The van der Waals surface area contributed by atoms with Gasteiger partial charge >= 0.3 is 0 Å². The van der Waals surface area contributed by atoms with E-state index in [9.17, 15) is 0 Å². The van der Waals surface area contributed by atoms with Crippen LogP contribution in [-0.4, -0.2) is 5.54 Å². The first kappa shape index (κ1) is 11.9. The van der Waals surface area contributed by atoms with Gasteiger partial charge in [0.05, 0.1) is 0 Å². The topological polar surface area (TPSA) is 26.0 Å². The molecule has 1 unspecified atom stereocenters. The molecule has 2 rings (SSSR count). The molecule has 0 radical (unpaired) electrons. The van der Waals surface area contributed by atoms with Crippen LogP contribution in [0.4, 0.5) is 0 Å². The third-order valence-electron chi connectivity index (χ3n) is 4.75. The lowest BCUT2D eigenvalue weighted by Crippen LogP contribution is -2.55. The SMILES string of the molecule is C=C1CC[C@H](C(C)C)C2C=C(C)CC[C@]12N. The van der Waals surface area contributed by atoms with Crippen molar-refractivity contribution >= 4 is 0 Å². The van der Waals surface area contributed by atoms with Crippen molar-refractivity contribution in [2.75, 3.05) is 0 Å². The van der Waals surface area contributed by atoms with Crippen LogP contribution in [0.1, 0.15) is 46.5 Å². The van der Waals surface area contributed by atoms with Crippen LogP contribution in [0.25, 0.3) is 0 Å². The van der Waals surface area contributed by atoms with Gasteiger partial charge in [-0.25, -0.2) is 0 Å². The highest BCUT2D eigenvalue weighted by atomic mass is 14.8. The molecule has 1 fully saturated rings. The molecule has 0 bridgehead atoms. The molecule has 16 heavy (non-hydrogen) atoms. The average molecular weight is 219 g/mol. The highest BCUT2D eigenvalue weighted by molar-refractivity contribution is 5.30. The van der Waals surface area contributed by atoms with Crippen LogP contribution in [0.2, 0.25) is 0 Å². The molecule has 1 heteroatoms. The molecule has 0 heterocycles. The van der Waals surface area contributed by atoms with Gasteiger partial charge in [-0.05, 0) is 44.4 Å². The molecule has 1 nitrogen and oxygen atoms in total. The summed E-state index contributed by atoms with van der Waals surface area (Å²) in [5.41, 5.74) is 9.36. The summed E-state index contributed by atoms with van der Waals surface area (Å²) < 4.78 is 0. The monoisotopic (exact) mass is 219 g/mol. The number of nitrogens with two attached hydrogens (primary N) is 1. The second-order valence-corrected chi connectivity index (χ2v) is 6.13. The zero-order valence-electron chi connectivity index (χ0n) is 10.9. The van der Waals surface area contributed by atoms with Gasteiger partial charge in [0, 0.05) is 11.5 Å². The Morgan fingerprint density at radius 1 is 1.44 bits per heavy atom. The van der Waals surface area contributed by atoms with Crippen LogP contribution in [0.15, 0.2) is 23.8 Å². The molecule has 0 amide bonds. The van der Waals surface area contributed by atoms with Gasteiger partial charge in [0.25, 0.3) is 0 Å². The van der Waals surface area contributed by atoms with E-state index < -0.39 is 0 Å². The van der Waals surface area contributed by atoms with Crippen molar-refractivity contribution < 1.29 is 0 Å². The third-order valence-corrected chi connectivity index (χ3v) is 4.75. The summed E-state index contributed by atoms with van der Waals surface area (Å²) in [5.74, 6) is 2.00. The predicted molar refractivity (Wildman–Crippen MR) is 70.1 cm³/mol. The normalized spacial score (nSPS) is 39.6. The van der Waals surface area contributed by atoms with E-state index in [1.807, 2.05) is 0 Å². The van der Waals surface area contributed by atoms with Gasteiger partial charge in [-0.2, -0.15) is 0 Å². The maximum absolute atomic E-state index is 6.65. The van der Waals surface area contributed by atoms with Gasteiger partial charge in [-0.1, -0.05) is 37.6 Å². The van der Waals surface area contributed by atoms with Gasteiger partial charge in [0.1, 0.15) is 0 Å². The fourth-order valence-corrected chi connectivity index (χ4v) is 3.53. The first-order chi connectivity index (χ1) is 7.45. The van der Waals surface area contributed by atoms with Crippen LogP contribution >= 0.6 is 0 Å². The molecule has 2 aliphatic rings. The Bertz CT molecular complexity index is 326. The van der Waals surface area contributed by atoms with E-state index in [-0.39, 0.29) is 5.54 Å². The van der Waals surface area contributed by atoms with Crippen molar-refractivity contribution in [3.8, 4) is 0 Å². The van der Waals surface area contributed by atoms with E-state index in [1.54, 1.807) is 0 Å². The van der Waals surface area contributed by atoms with Crippen LogP contribution in [0.3, 0.4) is 0 Å². The lowest BCUT2D eigenvalue weighted by Gasteiger charge is -2.50. The van der Waals surface area contributed by atoms with Gasteiger partial charge in [0.15, 0.2) is 0 Å². The highest BCUT2D eigenvalue weighted by Crippen LogP contribution is 2.48. The van der Waals surface area contributed by atoms with E-state index >= 15 is 0 Å². The smallest absolute Gasteiger partial charge is 0.0435 e. The zero-order valence-corrected chi connectivity index (χ0v) is 10.9. The molecule has 0 aromatic rings. The summed E-state index contributed by atoms with van der Waals surface area (Å²) in [6, 6.07) is 0. The molecule has 0 aromatic heterocycles. The minimum absolute atomic E-state index is 0.104. The van der Waals surface area contributed by atoms with Gasteiger partial charge in [-0.15, -0.1) is 0 Å². The van der Waals surface area contributed by atoms with E-state index in [4.69, 9.17) is 5.73 Å². The van der Waals surface area contributed by atoms with Crippen molar-refractivity contribution in [2.24, 2.45) is 23.5 Å². The minimum Gasteiger partial charge on any atom is -0.321 e. The van der Waals surface area contributed by atoms with Gasteiger partial charge in [0.2, 0.25) is 0 Å². The first-order valence-electron chi connectivity index (χ1n) is 6.59. The maximum Gasteiger partial charge on any atom is 0.0435 e. The number of hydrogen-bond acceptors (Lipinski definition) is 1. The summed E-state index contributed by atoms with van der Waals surface area (Å²) in [6.07, 6.45) is 7.09. The molecule has 2 N–H and O–H groups in total. The van der Waals surface area contributed by atoms with Crippen molar-refractivity contribution in [3.05, 3.63) is 23.8 Å². The Morgan fingerprint density at radius 2 is 2.12 bits per heavy atom. The molecule has 3 atom stereocenters. The molecule has 90 valence electrons. The Morgan fingerprint density at radius 3 is 2.75 bits per heavy atom. The molecular formula is C15H25N. The van der Waals surface area contributed by atoms with E-state index in [1.165, 1.54) is 17.6 Å². The average Bonchev–Trinajstić information content (AvgIpc) is 2.21. The first-order valence-corrected chi connectivity index (χ1v) is 6.59. The van der Waals surface area contributed by atoms with Crippen molar-refractivity contribution in [1.82, 2.24) is 0 Å². The maximum atomic E-state index is 6.65. The summed E-state index contributed by atoms with van der Waals surface area (Å²) >= 11 is 0. The van der Waals surface area contributed by atoms with Crippen LogP contribution in [0, 0.1) is 17.8 Å². The number of rotatable bonds is 1. The van der Waals surface area contributed by atoms with Crippen LogP contribution < -0.4 is 5.73 Å². The van der Waals surface area contributed by atoms with Crippen LogP contribution in [-0.2, 0) is 0 Å². The lowest BCUT2D eigenvalue weighted by molar-refractivity contribution is 0.151. The Labute approximate surface area is 99.8 Å². The van der Waals surface area contributed by atoms with Crippen molar-refractivity contribution in [2.45, 2.75) is 52.0 Å². The molecule has 0 spiro atoms. The van der Waals surface area contributed by atoms with Crippen molar-refractivity contribution in [3.63, 3.8) is 0 Å². The van der Waals surface area contributed by atoms with Gasteiger partial charge < -0.3 is 5.73 Å². The molecule has 1 saturated carbocycles. The van der Waals surface area contributed by atoms with E-state index in [0.717, 1.165) is 31.1 Å². The molecule has 2 aliphatic carbocycles. The van der Waals surface area contributed by atoms with Crippen molar-refractivity contribution in [1.29, 1.82) is 0 Å². The predicted octanol–water partition coefficient (Wildman–Crippen LogP) is 3.66. The number of hydrogen-bond donors (Lipinski definition) is 1. The summed E-state index contributed by atoms with van der Waals surface area (Å²) in [6.45, 7) is 11.1. The van der Waals surface area contributed by atoms with Crippen LogP contribution in [0.5, 0.6) is 0 Å². The lowest BCUT2D eigenvalue weighted by atomic mass is 9.58. The second kappa shape index (κ2) is 4.03. The zero-order chi connectivity index (χ0) is 11.9. The summed E-state index contributed by atoms with van der Waals surface area (Å²) in [5, 5.41) is 0. The van der Waals surface area contributed by atoms with Gasteiger partial charge in [-0.3, -0.25) is 0 Å². The fraction of sp³-hybridized carbons (Fsp3) is 0.733. The van der Waals surface area contributed by atoms with E-state index in [0.29, 0.717) is 5.92 Å². The Kier molecular flexibility index (Phi) is 3.00. The standard InChI is InChI=1S/C15H25N/c1-10(2)13-6-5-12(4)15(16)8-7-11(3)9-14(13)15/h9-10,13-14H,4-8,16H2,1-3H3/t13-,14?,15+/m1/s1. The molecule has 0 saturated heterocycles.